The van der Waals surface area contributed by atoms with Crippen LogP contribution in [0.25, 0.3) is 6.08 Å². The Morgan fingerprint density at radius 1 is 1.33 bits per heavy atom. The second kappa shape index (κ2) is 6.64. The minimum absolute atomic E-state index is 0.00207. The summed E-state index contributed by atoms with van der Waals surface area (Å²) >= 11 is 1.58. The van der Waals surface area contributed by atoms with E-state index in [0.717, 1.165) is 48.6 Å². The van der Waals surface area contributed by atoms with Crippen molar-refractivity contribution in [3.05, 3.63) is 62.7 Å². The summed E-state index contributed by atoms with van der Waals surface area (Å²) in [5.41, 5.74) is 4.66. The number of thiophene rings is 1. The first-order valence-electron chi connectivity index (χ1n) is 9.54. The summed E-state index contributed by atoms with van der Waals surface area (Å²) in [4.78, 5) is 29.0. The highest BCUT2D eigenvalue weighted by atomic mass is 32.1. The summed E-state index contributed by atoms with van der Waals surface area (Å²) in [6, 6.07) is 3.92. The zero-order valence-corrected chi connectivity index (χ0v) is 15.9. The van der Waals surface area contributed by atoms with E-state index in [1.807, 2.05) is 23.6 Å². The molecule has 5 heteroatoms. The minimum atomic E-state index is -0.697. The maximum Gasteiger partial charge on any atom is 0.185 e. The SMILES string of the molecule is O=C(C=Cc1cccs1)C1C(=O)COC2=C1CC1=CCCN3CCCC2=C13. The third kappa shape index (κ3) is 2.81. The molecule has 1 aromatic rings. The molecule has 1 aliphatic carbocycles. The molecule has 0 amide bonds. The summed E-state index contributed by atoms with van der Waals surface area (Å²) in [7, 11) is 0. The molecule has 0 saturated carbocycles. The Morgan fingerprint density at radius 3 is 3.11 bits per heavy atom. The fourth-order valence-electron chi connectivity index (χ4n) is 4.65. The van der Waals surface area contributed by atoms with Crippen LogP contribution in [0.2, 0.25) is 0 Å². The molecule has 1 atom stereocenters. The van der Waals surface area contributed by atoms with E-state index >= 15 is 0 Å². The Labute approximate surface area is 162 Å². The highest BCUT2D eigenvalue weighted by Gasteiger charge is 2.42. The average Bonchev–Trinajstić information content (AvgIpc) is 3.20. The molecular formula is C22H21NO3S. The van der Waals surface area contributed by atoms with Gasteiger partial charge >= 0.3 is 0 Å². The van der Waals surface area contributed by atoms with Gasteiger partial charge in [0, 0.05) is 35.7 Å². The number of carbonyl (C=O) groups is 2. The van der Waals surface area contributed by atoms with Crippen LogP contribution in [0.15, 0.2) is 57.8 Å². The number of carbonyl (C=O) groups excluding carboxylic acids is 2. The van der Waals surface area contributed by atoms with Gasteiger partial charge in [0.15, 0.2) is 11.6 Å². The Morgan fingerprint density at radius 2 is 2.26 bits per heavy atom. The first kappa shape index (κ1) is 16.8. The van der Waals surface area contributed by atoms with Crippen molar-refractivity contribution in [2.45, 2.75) is 25.7 Å². The molecule has 4 aliphatic rings. The Kier molecular flexibility index (Phi) is 4.12. The molecule has 3 aliphatic heterocycles. The molecule has 4 nitrogen and oxygen atoms in total. The molecule has 0 spiro atoms. The average molecular weight is 379 g/mol. The quantitative estimate of drug-likeness (QED) is 0.591. The third-order valence-corrected chi connectivity index (χ3v) is 6.60. The van der Waals surface area contributed by atoms with Gasteiger partial charge in [-0.2, -0.15) is 0 Å². The smallest absolute Gasteiger partial charge is 0.185 e. The summed E-state index contributed by atoms with van der Waals surface area (Å²) in [6.07, 6.45) is 9.39. The predicted octanol–water partition coefficient (Wildman–Crippen LogP) is 3.88. The summed E-state index contributed by atoms with van der Waals surface area (Å²) in [5.74, 6) is -0.117. The van der Waals surface area contributed by atoms with Crippen LogP contribution in [0.4, 0.5) is 0 Å². The Hall–Kier alpha value is -2.40. The molecule has 0 saturated heterocycles. The molecule has 1 aromatic heterocycles. The first-order valence-corrected chi connectivity index (χ1v) is 10.4. The molecule has 1 unspecified atom stereocenters. The van der Waals surface area contributed by atoms with Gasteiger partial charge in [0.25, 0.3) is 0 Å². The number of hydrogen-bond donors (Lipinski definition) is 0. The van der Waals surface area contributed by atoms with Crippen LogP contribution in [0.1, 0.15) is 30.6 Å². The number of allylic oxidation sites excluding steroid dienone is 4. The van der Waals surface area contributed by atoms with E-state index in [1.165, 1.54) is 16.8 Å². The van der Waals surface area contributed by atoms with Crippen LogP contribution >= 0.6 is 11.3 Å². The van der Waals surface area contributed by atoms with Crippen LogP contribution in [0, 0.1) is 5.92 Å². The molecule has 0 aromatic carbocycles. The van der Waals surface area contributed by atoms with E-state index in [9.17, 15) is 9.59 Å². The third-order valence-electron chi connectivity index (χ3n) is 5.77. The van der Waals surface area contributed by atoms with Gasteiger partial charge in [-0.3, -0.25) is 9.59 Å². The van der Waals surface area contributed by atoms with Crippen molar-refractivity contribution in [1.29, 1.82) is 0 Å². The highest BCUT2D eigenvalue weighted by molar-refractivity contribution is 7.10. The zero-order chi connectivity index (χ0) is 18.4. The van der Waals surface area contributed by atoms with E-state index < -0.39 is 5.92 Å². The number of ether oxygens (including phenoxy) is 1. The monoisotopic (exact) mass is 379 g/mol. The number of Topliss-reactive ketones (excluding diaryl/α,β-unsaturated/α-hetero) is 1. The molecule has 4 heterocycles. The van der Waals surface area contributed by atoms with Gasteiger partial charge in [0.2, 0.25) is 0 Å². The van der Waals surface area contributed by atoms with Crippen molar-refractivity contribution in [3.8, 4) is 0 Å². The zero-order valence-electron chi connectivity index (χ0n) is 15.1. The van der Waals surface area contributed by atoms with Crippen molar-refractivity contribution in [1.82, 2.24) is 4.90 Å². The van der Waals surface area contributed by atoms with E-state index in [-0.39, 0.29) is 18.2 Å². The molecule has 0 N–H and O–H groups in total. The minimum Gasteiger partial charge on any atom is -0.485 e. The number of fused-ring (bicyclic) bond motifs is 1. The summed E-state index contributed by atoms with van der Waals surface area (Å²) in [5, 5.41) is 1.98. The molecule has 5 rings (SSSR count). The maximum absolute atomic E-state index is 13.0. The van der Waals surface area contributed by atoms with Gasteiger partial charge in [0.1, 0.15) is 18.3 Å². The standard InChI is InChI=1S/C22H21NO3S/c24-18(8-7-15-5-3-11-27-15)20-17-12-14-4-1-9-23-10-2-6-16(21(14)23)22(17)26-13-19(20)25/h3-5,7-8,11,20H,1-2,6,9-10,12-13H2. The van der Waals surface area contributed by atoms with Crippen LogP contribution in [0.3, 0.4) is 0 Å². The first-order chi connectivity index (χ1) is 13.2. The largest absolute Gasteiger partial charge is 0.485 e. The second-order valence-electron chi connectivity index (χ2n) is 7.41. The maximum atomic E-state index is 13.0. The molecule has 0 bridgehead atoms. The van der Waals surface area contributed by atoms with Crippen LogP contribution in [-0.2, 0) is 14.3 Å². The second-order valence-corrected chi connectivity index (χ2v) is 8.39. The van der Waals surface area contributed by atoms with Crippen molar-refractivity contribution >= 4 is 29.0 Å². The van der Waals surface area contributed by atoms with E-state index in [4.69, 9.17) is 4.74 Å². The normalized spacial score (nSPS) is 24.6. The van der Waals surface area contributed by atoms with Gasteiger partial charge in [-0.15, -0.1) is 11.3 Å². The van der Waals surface area contributed by atoms with Crippen molar-refractivity contribution in [3.63, 3.8) is 0 Å². The van der Waals surface area contributed by atoms with Gasteiger partial charge in [0.05, 0.1) is 0 Å². The van der Waals surface area contributed by atoms with Gasteiger partial charge < -0.3 is 9.64 Å². The molecule has 0 radical (unpaired) electrons. The lowest BCUT2D eigenvalue weighted by molar-refractivity contribution is -0.132. The number of nitrogens with zero attached hydrogens (tertiary/aromatic N) is 1. The number of ketones is 2. The lowest BCUT2D eigenvalue weighted by Crippen LogP contribution is -2.40. The van der Waals surface area contributed by atoms with Crippen LogP contribution in [0.5, 0.6) is 0 Å². The Bertz CT molecular complexity index is 933. The van der Waals surface area contributed by atoms with E-state index in [2.05, 4.69) is 11.0 Å². The van der Waals surface area contributed by atoms with Crippen molar-refractivity contribution < 1.29 is 14.3 Å². The summed E-state index contributed by atoms with van der Waals surface area (Å²) in [6.45, 7) is 2.14. The van der Waals surface area contributed by atoms with Crippen molar-refractivity contribution in [2.75, 3.05) is 19.7 Å². The fourth-order valence-corrected chi connectivity index (χ4v) is 5.26. The lowest BCUT2D eigenvalue weighted by Gasteiger charge is -2.43. The Balaban J connectivity index is 1.54. The fraction of sp³-hybridized carbons (Fsp3) is 0.364. The topological polar surface area (TPSA) is 46.6 Å². The van der Waals surface area contributed by atoms with Gasteiger partial charge in [-0.1, -0.05) is 12.1 Å². The molecule has 138 valence electrons. The van der Waals surface area contributed by atoms with Crippen LogP contribution in [-0.4, -0.2) is 36.2 Å². The van der Waals surface area contributed by atoms with Crippen LogP contribution < -0.4 is 0 Å². The number of rotatable bonds is 3. The number of hydrogen-bond acceptors (Lipinski definition) is 5. The van der Waals surface area contributed by atoms with Gasteiger partial charge in [-0.25, -0.2) is 0 Å². The molecule has 27 heavy (non-hydrogen) atoms. The van der Waals surface area contributed by atoms with Gasteiger partial charge in [-0.05, 0) is 54.0 Å². The van der Waals surface area contributed by atoms with E-state index in [1.54, 1.807) is 17.4 Å². The highest BCUT2D eigenvalue weighted by Crippen LogP contribution is 2.46. The lowest BCUT2D eigenvalue weighted by atomic mass is 9.75. The van der Waals surface area contributed by atoms with E-state index in [0.29, 0.717) is 6.42 Å². The summed E-state index contributed by atoms with van der Waals surface area (Å²) < 4.78 is 5.90. The molecule has 0 fully saturated rings. The van der Waals surface area contributed by atoms with Crippen molar-refractivity contribution in [2.24, 2.45) is 5.92 Å². The predicted molar refractivity (Wildman–Crippen MR) is 105 cm³/mol. The molecular weight excluding hydrogens is 358 g/mol.